The zero-order valence-corrected chi connectivity index (χ0v) is 20.1. The third-order valence-corrected chi connectivity index (χ3v) is 5.49. The van der Waals surface area contributed by atoms with Crippen LogP contribution in [0.4, 0.5) is 4.79 Å². The van der Waals surface area contributed by atoms with Gasteiger partial charge in [-0.3, -0.25) is 19.3 Å². The van der Waals surface area contributed by atoms with E-state index in [9.17, 15) is 19.2 Å². The Balaban J connectivity index is 1.96. The molecule has 0 spiro atoms. The molecule has 1 aliphatic heterocycles. The molecule has 1 rings (SSSR count). The summed E-state index contributed by atoms with van der Waals surface area (Å²) in [7, 11) is 1.36. The maximum absolute atomic E-state index is 12.0. The van der Waals surface area contributed by atoms with E-state index in [1.54, 1.807) is 0 Å². The molecule has 0 aromatic rings. The Morgan fingerprint density at radius 1 is 1.00 bits per heavy atom. The van der Waals surface area contributed by atoms with Gasteiger partial charge in [-0.15, -0.1) is 0 Å². The van der Waals surface area contributed by atoms with Crippen molar-refractivity contribution in [3.63, 3.8) is 0 Å². The second kappa shape index (κ2) is 16.3. The molecule has 0 aromatic heterocycles. The number of unbranched alkanes of at least 4 members (excludes halogenated alkanes) is 6. The van der Waals surface area contributed by atoms with E-state index in [0.29, 0.717) is 6.42 Å². The van der Waals surface area contributed by atoms with E-state index in [1.165, 1.54) is 39.2 Å². The topological polar surface area (TPSA) is 108 Å². The predicted molar refractivity (Wildman–Crippen MR) is 126 cm³/mol. The first kappa shape index (κ1) is 27.7. The summed E-state index contributed by atoms with van der Waals surface area (Å²) in [5.74, 6) is -0.0358. The minimum Gasteiger partial charge on any atom is -0.356 e. The van der Waals surface area contributed by atoms with E-state index in [-0.39, 0.29) is 31.3 Å². The Morgan fingerprint density at radius 2 is 1.66 bits per heavy atom. The van der Waals surface area contributed by atoms with Gasteiger partial charge in [-0.2, -0.15) is 0 Å². The lowest BCUT2D eigenvalue weighted by molar-refractivity contribution is -0.134. The third kappa shape index (κ3) is 12.5. The number of nitrogens with zero attached hydrogens (tertiary/aromatic N) is 1. The maximum atomic E-state index is 12.0. The molecule has 1 unspecified atom stereocenters. The van der Waals surface area contributed by atoms with Crippen molar-refractivity contribution in [2.75, 3.05) is 20.1 Å². The van der Waals surface area contributed by atoms with Crippen LogP contribution >= 0.6 is 0 Å². The minimum atomic E-state index is -0.763. The van der Waals surface area contributed by atoms with E-state index < -0.39 is 18.0 Å². The number of carbonyl (C=O) groups is 4. The molecule has 1 fully saturated rings. The largest absolute Gasteiger partial charge is 0.356 e. The van der Waals surface area contributed by atoms with E-state index in [1.807, 2.05) is 0 Å². The first-order valence-electron chi connectivity index (χ1n) is 12.1. The Morgan fingerprint density at radius 3 is 2.38 bits per heavy atom. The summed E-state index contributed by atoms with van der Waals surface area (Å²) in [5.41, 5.74) is 0. The van der Waals surface area contributed by atoms with Crippen molar-refractivity contribution < 1.29 is 19.2 Å². The van der Waals surface area contributed by atoms with E-state index in [2.05, 4.69) is 41.9 Å². The van der Waals surface area contributed by atoms with Crippen LogP contribution in [0.3, 0.4) is 0 Å². The summed E-state index contributed by atoms with van der Waals surface area (Å²) >= 11 is 0. The zero-order valence-electron chi connectivity index (χ0n) is 20.1. The Labute approximate surface area is 192 Å². The molecule has 1 atom stereocenters. The molecule has 0 saturated carbocycles. The number of amides is 5. The Kier molecular flexibility index (Phi) is 14.1. The second-order valence-corrected chi connectivity index (χ2v) is 8.91. The van der Waals surface area contributed by atoms with Crippen LogP contribution in [0.2, 0.25) is 0 Å². The predicted octanol–water partition coefficient (Wildman–Crippen LogP) is 3.27. The number of rotatable bonds is 16. The highest BCUT2D eigenvalue weighted by Crippen LogP contribution is 2.09. The number of likely N-dealkylation sites (N-methyl/N-ethyl adjacent to an activating group) is 1. The number of carbonyl (C=O) groups excluding carboxylic acids is 4. The normalized spacial score (nSPS) is 16.5. The zero-order chi connectivity index (χ0) is 23.8. The van der Waals surface area contributed by atoms with E-state index in [4.69, 9.17) is 0 Å². The van der Waals surface area contributed by atoms with Crippen molar-refractivity contribution >= 4 is 23.8 Å². The first-order valence-corrected chi connectivity index (χ1v) is 12.1. The van der Waals surface area contributed by atoms with Crippen LogP contribution in [0, 0.1) is 5.92 Å². The molecule has 0 aromatic carbocycles. The van der Waals surface area contributed by atoms with Crippen LogP contribution < -0.4 is 16.0 Å². The molecule has 0 radical (unpaired) electrons. The van der Waals surface area contributed by atoms with Gasteiger partial charge in [0.15, 0.2) is 0 Å². The first-order chi connectivity index (χ1) is 15.3. The summed E-state index contributed by atoms with van der Waals surface area (Å²) in [6.07, 6.45) is 15.5. The summed E-state index contributed by atoms with van der Waals surface area (Å²) in [5, 5.41) is 7.86. The van der Waals surface area contributed by atoms with Crippen molar-refractivity contribution in [3.05, 3.63) is 12.2 Å². The van der Waals surface area contributed by atoms with Crippen molar-refractivity contribution in [2.24, 2.45) is 5.92 Å². The van der Waals surface area contributed by atoms with Crippen LogP contribution in [-0.2, 0) is 14.4 Å². The molecule has 3 N–H and O–H groups in total. The highest BCUT2D eigenvalue weighted by atomic mass is 16.2. The Hall–Kier alpha value is -2.38. The smallest absolute Gasteiger partial charge is 0.323 e. The van der Waals surface area contributed by atoms with Gasteiger partial charge in [0.25, 0.3) is 5.91 Å². The highest BCUT2D eigenvalue weighted by molar-refractivity contribution is 6.01. The van der Waals surface area contributed by atoms with Crippen molar-refractivity contribution in [3.8, 4) is 0 Å². The van der Waals surface area contributed by atoms with Gasteiger partial charge >= 0.3 is 6.03 Å². The number of imide groups is 1. The number of allylic oxidation sites excluding steroid dienone is 2. The summed E-state index contributed by atoms with van der Waals surface area (Å²) in [4.78, 5) is 48.1. The average molecular weight is 451 g/mol. The molecular formula is C24H42N4O4. The van der Waals surface area contributed by atoms with Gasteiger partial charge in [0, 0.05) is 33.0 Å². The monoisotopic (exact) mass is 450 g/mol. The fourth-order valence-corrected chi connectivity index (χ4v) is 3.47. The van der Waals surface area contributed by atoms with Gasteiger partial charge in [-0.05, 0) is 38.0 Å². The lowest BCUT2D eigenvalue weighted by Crippen LogP contribution is -2.61. The lowest BCUT2D eigenvalue weighted by atomic mass is 10.1. The molecule has 1 heterocycles. The van der Waals surface area contributed by atoms with Crippen molar-refractivity contribution in [1.82, 2.24) is 20.9 Å². The van der Waals surface area contributed by atoms with Crippen LogP contribution in [0.15, 0.2) is 12.2 Å². The number of hydrogen-bond acceptors (Lipinski definition) is 4. The molecule has 1 aliphatic rings. The fourth-order valence-electron chi connectivity index (χ4n) is 3.47. The summed E-state index contributed by atoms with van der Waals surface area (Å²) < 4.78 is 0. The molecule has 5 amide bonds. The fraction of sp³-hybridized carbons (Fsp3) is 0.750. The molecule has 8 heteroatoms. The quantitative estimate of drug-likeness (QED) is 0.248. The maximum Gasteiger partial charge on any atom is 0.323 e. The molecule has 0 bridgehead atoms. The van der Waals surface area contributed by atoms with Gasteiger partial charge in [0.2, 0.25) is 11.8 Å². The van der Waals surface area contributed by atoms with Gasteiger partial charge in [0.05, 0.1) is 0 Å². The standard InChI is InChI=1S/C24H42N4O4/c1-19(2)14-12-10-8-6-4-5-7-9-11-13-15-21(29)25-17-16-22(30)27-20-18-26-24(32)28(3)23(20)31/h6,8,19-20H,4-5,7,9-18H2,1-3H3,(H,25,29)(H,26,32)(H,27,30). The highest BCUT2D eigenvalue weighted by Gasteiger charge is 2.32. The van der Waals surface area contributed by atoms with Gasteiger partial charge < -0.3 is 16.0 Å². The van der Waals surface area contributed by atoms with Crippen molar-refractivity contribution in [2.45, 2.75) is 90.5 Å². The minimum absolute atomic E-state index is 0.0529. The summed E-state index contributed by atoms with van der Waals surface area (Å²) in [6, 6.07) is -1.24. The lowest BCUT2D eigenvalue weighted by Gasteiger charge is -2.29. The van der Waals surface area contributed by atoms with Gasteiger partial charge in [0.1, 0.15) is 6.04 Å². The number of nitrogens with one attached hydrogen (secondary N) is 3. The molecule has 0 aliphatic carbocycles. The average Bonchev–Trinajstić information content (AvgIpc) is 2.74. The van der Waals surface area contributed by atoms with E-state index in [0.717, 1.165) is 36.5 Å². The van der Waals surface area contributed by atoms with Crippen LogP contribution in [-0.4, -0.2) is 54.8 Å². The molecular weight excluding hydrogens is 408 g/mol. The molecule has 1 saturated heterocycles. The van der Waals surface area contributed by atoms with Crippen molar-refractivity contribution in [1.29, 1.82) is 0 Å². The number of hydrogen-bond donors (Lipinski definition) is 3. The van der Waals surface area contributed by atoms with E-state index >= 15 is 0 Å². The van der Waals surface area contributed by atoms with Crippen LogP contribution in [0.1, 0.15) is 84.5 Å². The molecule has 182 valence electrons. The number of urea groups is 1. The molecule has 8 nitrogen and oxygen atoms in total. The molecule has 32 heavy (non-hydrogen) atoms. The second-order valence-electron chi connectivity index (χ2n) is 8.91. The third-order valence-electron chi connectivity index (χ3n) is 5.49. The van der Waals surface area contributed by atoms with Gasteiger partial charge in [-0.25, -0.2) is 4.79 Å². The Bertz CT molecular complexity index is 633. The van der Waals surface area contributed by atoms with Crippen LogP contribution in [0.25, 0.3) is 0 Å². The van der Waals surface area contributed by atoms with Crippen LogP contribution in [0.5, 0.6) is 0 Å². The van der Waals surface area contributed by atoms with Gasteiger partial charge in [-0.1, -0.05) is 51.7 Å². The SMILES string of the molecule is CC(C)CCCC=CCCCCCCCC(=O)NCCC(=O)NC1CNC(=O)N(C)C1=O. The summed E-state index contributed by atoms with van der Waals surface area (Å²) in [6.45, 7) is 4.83.